The van der Waals surface area contributed by atoms with Gasteiger partial charge in [-0.3, -0.25) is 5.10 Å². The fourth-order valence-corrected chi connectivity index (χ4v) is 2.71. The van der Waals surface area contributed by atoms with E-state index in [1.54, 1.807) is 0 Å². The summed E-state index contributed by atoms with van der Waals surface area (Å²) in [4.78, 5) is 0.154. The fourth-order valence-electron chi connectivity index (χ4n) is 1.49. The minimum absolute atomic E-state index is 0.148. The standard InChI is InChI=1S/C8H14N4O2S/c9-3-8(6-1-2-6)12-15(13,14)7-4-10-11-5-7/h4-6,8,12H,1-3,9H2,(H,10,11). The topological polar surface area (TPSA) is 101 Å². The van der Waals surface area contributed by atoms with Crippen LogP contribution in [0.3, 0.4) is 0 Å². The molecular weight excluding hydrogens is 216 g/mol. The van der Waals surface area contributed by atoms with Crippen LogP contribution in [0.1, 0.15) is 12.8 Å². The van der Waals surface area contributed by atoms with Gasteiger partial charge < -0.3 is 5.73 Å². The van der Waals surface area contributed by atoms with E-state index in [2.05, 4.69) is 14.9 Å². The summed E-state index contributed by atoms with van der Waals surface area (Å²) in [5.74, 6) is 0.400. The molecule has 1 aromatic rings. The van der Waals surface area contributed by atoms with Crippen LogP contribution >= 0.6 is 0 Å². The number of hydrogen-bond acceptors (Lipinski definition) is 4. The second-order valence-corrected chi connectivity index (χ2v) is 5.45. The molecule has 0 bridgehead atoms. The summed E-state index contributed by atoms with van der Waals surface area (Å²) in [5, 5.41) is 6.08. The molecule has 1 aliphatic carbocycles. The SMILES string of the molecule is NCC(NS(=O)(=O)c1cn[nH]c1)C1CC1. The summed E-state index contributed by atoms with van der Waals surface area (Å²) >= 11 is 0. The lowest BCUT2D eigenvalue weighted by Crippen LogP contribution is -2.41. The lowest BCUT2D eigenvalue weighted by Gasteiger charge is -2.14. The molecule has 0 amide bonds. The van der Waals surface area contributed by atoms with E-state index in [1.165, 1.54) is 12.4 Å². The van der Waals surface area contributed by atoms with Crippen LogP contribution in [0.5, 0.6) is 0 Å². The van der Waals surface area contributed by atoms with Crippen molar-refractivity contribution in [1.29, 1.82) is 0 Å². The van der Waals surface area contributed by atoms with Crippen LogP contribution < -0.4 is 10.5 Å². The van der Waals surface area contributed by atoms with Crippen LogP contribution in [-0.4, -0.2) is 31.2 Å². The molecule has 1 aromatic heterocycles. The zero-order valence-electron chi connectivity index (χ0n) is 8.18. The number of hydrogen-bond donors (Lipinski definition) is 3. The van der Waals surface area contributed by atoms with Crippen molar-refractivity contribution in [3.05, 3.63) is 12.4 Å². The number of H-pyrrole nitrogens is 1. The highest BCUT2D eigenvalue weighted by atomic mass is 32.2. The lowest BCUT2D eigenvalue weighted by molar-refractivity contribution is 0.519. The summed E-state index contributed by atoms with van der Waals surface area (Å²) in [7, 11) is -3.46. The van der Waals surface area contributed by atoms with Gasteiger partial charge >= 0.3 is 0 Å². The molecule has 84 valence electrons. The average molecular weight is 230 g/mol. The van der Waals surface area contributed by atoms with Gasteiger partial charge in [0.15, 0.2) is 0 Å². The Hall–Kier alpha value is -0.920. The molecule has 1 aliphatic rings. The van der Waals surface area contributed by atoms with Gasteiger partial charge in [-0.1, -0.05) is 0 Å². The molecule has 1 fully saturated rings. The molecule has 7 heteroatoms. The van der Waals surface area contributed by atoms with Gasteiger partial charge in [0.1, 0.15) is 4.90 Å². The van der Waals surface area contributed by atoms with Gasteiger partial charge in [0.05, 0.1) is 6.20 Å². The van der Waals surface area contributed by atoms with Gasteiger partial charge in [0.25, 0.3) is 0 Å². The molecule has 1 heterocycles. The Labute approximate surface area is 88.3 Å². The van der Waals surface area contributed by atoms with Crippen LogP contribution in [0.15, 0.2) is 17.3 Å². The fraction of sp³-hybridized carbons (Fsp3) is 0.625. The monoisotopic (exact) mass is 230 g/mol. The van der Waals surface area contributed by atoms with Crippen molar-refractivity contribution in [2.75, 3.05) is 6.54 Å². The van der Waals surface area contributed by atoms with E-state index in [0.29, 0.717) is 12.5 Å². The summed E-state index contributed by atoms with van der Waals surface area (Å²) < 4.78 is 26.1. The quantitative estimate of drug-likeness (QED) is 0.630. The largest absolute Gasteiger partial charge is 0.329 e. The smallest absolute Gasteiger partial charge is 0.243 e. The first kappa shape index (κ1) is 10.6. The summed E-state index contributed by atoms with van der Waals surface area (Å²) in [5.41, 5.74) is 5.52. The number of aromatic nitrogens is 2. The maximum atomic E-state index is 11.8. The first-order chi connectivity index (χ1) is 7.13. The third kappa shape index (κ3) is 2.36. The van der Waals surface area contributed by atoms with Crippen molar-refractivity contribution in [1.82, 2.24) is 14.9 Å². The molecule has 6 nitrogen and oxygen atoms in total. The van der Waals surface area contributed by atoms with Crippen LogP contribution in [0.2, 0.25) is 0 Å². The van der Waals surface area contributed by atoms with Crippen molar-refractivity contribution in [3.63, 3.8) is 0 Å². The average Bonchev–Trinajstić information content (AvgIpc) is 2.88. The summed E-state index contributed by atoms with van der Waals surface area (Å²) in [6.45, 7) is 0.335. The minimum atomic E-state index is -3.46. The number of sulfonamides is 1. The Bertz CT molecular complexity index is 410. The Kier molecular flexibility index (Phi) is 2.76. The second kappa shape index (κ2) is 3.92. The molecule has 1 unspecified atom stereocenters. The molecule has 0 saturated heterocycles. The predicted molar refractivity (Wildman–Crippen MR) is 54.5 cm³/mol. The Morgan fingerprint density at radius 2 is 2.40 bits per heavy atom. The molecule has 0 spiro atoms. The number of aromatic amines is 1. The van der Waals surface area contributed by atoms with Gasteiger partial charge in [-0.25, -0.2) is 13.1 Å². The van der Waals surface area contributed by atoms with Crippen LogP contribution in [-0.2, 0) is 10.0 Å². The van der Waals surface area contributed by atoms with Crippen molar-refractivity contribution in [2.45, 2.75) is 23.8 Å². The predicted octanol–water partition coefficient (Wildman–Crippen LogP) is -0.575. The van der Waals surface area contributed by atoms with Crippen molar-refractivity contribution < 1.29 is 8.42 Å². The van der Waals surface area contributed by atoms with Gasteiger partial charge in [-0.15, -0.1) is 0 Å². The molecule has 0 aliphatic heterocycles. The molecular formula is C8H14N4O2S. The molecule has 15 heavy (non-hydrogen) atoms. The van der Waals surface area contributed by atoms with Gasteiger partial charge in [0.2, 0.25) is 10.0 Å². The molecule has 4 N–H and O–H groups in total. The normalized spacial score (nSPS) is 19.0. The van der Waals surface area contributed by atoms with Gasteiger partial charge in [-0.05, 0) is 18.8 Å². The van der Waals surface area contributed by atoms with Crippen molar-refractivity contribution in [3.8, 4) is 0 Å². The maximum Gasteiger partial charge on any atom is 0.243 e. The van der Waals surface area contributed by atoms with E-state index >= 15 is 0 Å². The van der Waals surface area contributed by atoms with Gasteiger partial charge in [0, 0.05) is 18.8 Å². The van der Waals surface area contributed by atoms with Crippen LogP contribution in [0.25, 0.3) is 0 Å². The lowest BCUT2D eigenvalue weighted by atomic mass is 10.2. The highest BCUT2D eigenvalue weighted by Gasteiger charge is 2.33. The molecule has 1 atom stereocenters. The minimum Gasteiger partial charge on any atom is -0.329 e. The van der Waals surface area contributed by atoms with E-state index in [4.69, 9.17) is 5.73 Å². The first-order valence-electron chi connectivity index (χ1n) is 4.84. The zero-order valence-corrected chi connectivity index (χ0v) is 9.00. The summed E-state index contributed by atoms with van der Waals surface area (Å²) in [6, 6.07) is -0.148. The first-order valence-corrected chi connectivity index (χ1v) is 6.33. The molecule has 0 radical (unpaired) electrons. The second-order valence-electron chi connectivity index (χ2n) is 3.73. The van der Waals surface area contributed by atoms with E-state index in [1.807, 2.05) is 0 Å². The maximum absolute atomic E-state index is 11.8. The Morgan fingerprint density at radius 3 is 2.87 bits per heavy atom. The number of rotatable bonds is 5. The highest BCUT2D eigenvalue weighted by Crippen LogP contribution is 2.32. The van der Waals surface area contributed by atoms with Crippen molar-refractivity contribution in [2.24, 2.45) is 11.7 Å². The number of nitrogens with two attached hydrogens (primary N) is 1. The van der Waals surface area contributed by atoms with Gasteiger partial charge in [-0.2, -0.15) is 5.10 Å². The van der Waals surface area contributed by atoms with E-state index in [9.17, 15) is 8.42 Å². The highest BCUT2D eigenvalue weighted by molar-refractivity contribution is 7.89. The van der Waals surface area contributed by atoms with Crippen LogP contribution in [0.4, 0.5) is 0 Å². The van der Waals surface area contributed by atoms with E-state index in [0.717, 1.165) is 12.8 Å². The Morgan fingerprint density at radius 1 is 1.67 bits per heavy atom. The number of nitrogens with one attached hydrogen (secondary N) is 2. The summed E-state index contributed by atoms with van der Waals surface area (Å²) in [6.07, 6.45) is 4.73. The number of nitrogens with zero attached hydrogens (tertiary/aromatic N) is 1. The molecule has 1 saturated carbocycles. The van der Waals surface area contributed by atoms with E-state index < -0.39 is 10.0 Å². The zero-order chi connectivity index (χ0) is 10.9. The van der Waals surface area contributed by atoms with Crippen LogP contribution in [0, 0.1) is 5.92 Å². The third-order valence-corrected chi connectivity index (χ3v) is 3.99. The Balaban J connectivity index is 2.10. The van der Waals surface area contributed by atoms with Crippen molar-refractivity contribution >= 4 is 10.0 Å². The third-order valence-electron chi connectivity index (χ3n) is 2.53. The molecule has 2 rings (SSSR count). The molecule has 0 aromatic carbocycles. The van der Waals surface area contributed by atoms with E-state index in [-0.39, 0.29) is 10.9 Å².